The molecule has 1 saturated heterocycles. The van der Waals surface area contributed by atoms with Gasteiger partial charge in [-0.3, -0.25) is 0 Å². The topological polar surface area (TPSA) is 41.1 Å². The number of halogens is 1. The zero-order chi connectivity index (χ0) is 15.2. The Labute approximate surface area is 133 Å². The molecule has 0 amide bonds. The van der Waals surface area contributed by atoms with Gasteiger partial charge in [0, 0.05) is 25.1 Å². The molecule has 0 radical (unpaired) electrons. The van der Waals surface area contributed by atoms with Gasteiger partial charge in [0.1, 0.15) is 16.8 Å². The van der Waals surface area contributed by atoms with E-state index in [9.17, 15) is 0 Å². The van der Waals surface area contributed by atoms with Crippen LogP contribution in [0.3, 0.4) is 0 Å². The van der Waals surface area contributed by atoms with Gasteiger partial charge in [-0.2, -0.15) is 0 Å². The van der Waals surface area contributed by atoms with E-state index in [-0.39, 0.29) is 0 Å². The van der Waals surface area contributed by atoms with Crippen LogP contribution in [-0.2, 0) is 6.42 Å². The maximum absolute atomic E-state index is 6.20. The lowest BCUT2D eigenvalue weighted by Gasteiger charge is -2.30. The summed E-state index contributed by atoms with van der Waals surface area (Å²) in [4.78, 5) is 11.5. The highest BCUT2D eigenvalue weighted by Crippen LogP contribution is 2.20. The molecule has 1 aromatic heterocycles. The molecule has 2 rings (SSSR count). The Morgan fingerprint density at radius 3 is 2.67 bits per heavy atom. The van der Waals surface area contributed by atoms with Crippen molar-refractivity contribution >= 4 is 17.4 Å². The maximum atomic E-state index is 6.20. The maximum Gasteiger partial charge on any atom is 0.137 e. The predicted molar refractivity (Wildman–Crippen MR) is 89.1 cm³/mol. The first kappa shape index (κ1) is 16.5. The van der Waals surface area contributed by atoms with E-state index in [4.69, 9.17) is 11.6 Å². The molecule has 0 unspecified atom stereocenters. The molecule has 1 N–H and O–H groups in total. The summed E-state index contributed by atoms with van der Waals surface area (Å²) in [6, 6.07) is 0. The third-order valence-electron chi connectivity index (χ3n) is 4.20. The van der Waals surface area contributed by atoms with Crippen molar-refractivity contribution in [3.05, 3.63) is 16.5 Å². The summed E-state index contributed by atoms with van der Waals surface area (Å²) < 4.78 is 0. The van der Waals surface area contributed by atoms with E-state index < -0.39 is 0 Å². The lowest BCUT2D eigenvalue weighted by Crippen LogP contribution is -2.36. The van der Waals surface area contributed by atoms with Crippen molar-refractivity contribution in [3.63, 3.8) is 0 Å². The fourth-order valence-corrected chi connectivity index (χ4v) is 2.85. The molecule has 1 aliphatic rings. The molecule has 4 nitrogen and oxygen atoms in total. The highest BCUT2D eigenvalue weighted by Gasteiger charge is 2.15. The molecule has 0 aliphatic carbocycles. The van der Waals surface area contributed by atoms with Crippen LogP contribution < -0.4 is 5.32 Å². The molecule has 0 saturated carbocycles. The van der Waals surface area contributed by atoms with Crippen molar-refractivity contribution in [2.45, 2.75) is 46.5 Å². The summed E-state index contributed by atoms with van der Waals surface area (Å²) in [7, 11) is 0. The van der Waals surface area contributed by atoms with Crippen LogP contribution in [0.25, 0.3) is 0 Å². The number of nitrogens with one attached hydrogen (secondary N) is 1. The van der Waals surface area contributed by atoms with Crippen LogP contribution in [-0.4, -0.2) is 41.0 Å². The van der Waals surface area contributed by atoms with Gasteiger partial charge in [-0.1, -0.05) is 25.4 Å². The minimum atomic E-state index is 0.572. The van der Waals surface area contributed by atoms with Crippen LogP contribution in [0.2, 0.25) is 5.15 Å². The van der Waals surface area contributed by atoms with E-state index in [1.54, 1.807) is 0 Å². The second-order valence-electron chi connectivity index (χ2n) is 6.11. The summed E-state index contributed by atoms with van der Waals surface area (Å²) >= 11 is 6.20. The summed E-state index contributed by atoms with van der Waals surface area (Å²) in [6.07, 6.45) is 4.54. The Hall–Kier alpha value is -0.870. The summed E-state index contributed by atoms with van der Waals surface area (Å²) in [5, 5.41) is 4.01. The van der Waals surface area contributed by atoms with E-state index in [2.05, 4.69) is 34.0 Å². The number of rotatable bonds is 6. The minimum Gasteiger partial charge on any atom is -0.368 e. The number of hydrogen-bond donors (Lipinski definition) is 1. The molecular formula is C16H27ClN4. The first-order valence-electron chi connectivity index (χ1n) is 8.09. The Morgan fingerprint density at radius 1 is 1.29 bits per heavy atom. The van der Waals surface area contributed by atoms with Gasteiger partial charge in [-0.15, -0.1) is 0 Å². The average molecular weight is 311 g/mol. The number of likely N-dealkylation sites (tertiary alicyclic amines) is 1. The largest absolute Gasteiger partial charge is 0.368 e. The second-order valence-corrected chi connectivity index (χ2v) is 6.46. The van der Waals surface area contributed by atoms with Crippen molar-refractivity contribution in [2.75, 3.05) is 31.5 Å². The Bertz CT molecular complexity index is 456. The van der Waals surface area contributed by atoms with Crippen LogP contribution in [0, 0.1) is 12.8 Å². The molecule has 0 aromatic carbocycles. The van der Waals surface area contributed by atoms with Gasteiger partial charge in [-0.25, -0.2) is 9.97 Å². The third-order valence-corrected chi connectivity index (χ3v) is 4.57. The first-order valence-corrected chi connectivity index (χ1v) is 8.47. The van der Waals surface area contributed by atoms with E-state index in [1.807, 2.05) is 6.92 Å². The molecule has 21 heavy (non-hydrogen) atoms. The van der Waals surface area contributed by atoms with E-state index in [1.165, 1.54) is 25.9 Å². The fourth-order valence-electron chi connectivity index (χ4n) is 2.66. The van der Waals surface area contributed by atoms with Crippen molar-refractivity contribution in [2.24, 2.45) is 5.92 Å². The summed E-state index contributed by atoms with van der Waals surface area (Å²) in [5.74, 6) is 2.61. The fraction of sp³-hybridized carbons (Fsp3) is 0.750. The van der Waals surface area contributed by atoms with Crippen molar-refractivity contribution in [3.8, 4) is 0 Å². The number of nitrogens with zero attached hydrogens (tertiary/aromatic N) is 3. The molecule has 1 aromatic rings. The van der Waals surface area contributed by atoms with Crippen LogP contribution in [0.15, 0.2) is 0 Å². The van der Waals surface area contributed by atoms with Gasteiger partial charge in [-0.05, 0) is 45.2 Å². The second kappa shape index (κ2) is 7.95. The highest BCUT2D eigenvalue weighted by atomic mass is 35.5. The van der Waals surface area contributed by atoms with Gasteiger partial charge in [0.15, 0.2) is 0 Å². The van der Waals surface area contributed by atoms with Crippen molar-refractivity contribution < 1.29 is 0 Å². The van der Waals surface area contributed by atoms with E-state index in [0.29, 0.717) is 5.15 Å². The molecule has 0 spiro atoms. The van der Waals surface area contributed by atoms with Crippen LogP contribution in [0.1, 0.15) is 44.5 Å². The molecular weight excluding hydrogens is 284 g/mol. The van der Waals surface area contributed by atoms with Gasteiger partial charge >= 0.3 is 0 Å². The zero-order valence-corrected chi connectivity index (χ0v) is 14.2. The molecule has 0 atom stereocenters. The number of aromatic nitrogens is 2. The smallest absolute Gasteiger partial charge is 0.137 e. The molecule has 5 heteroatoms. The number of piperidine rings is 1. The average Bonchev–Trinajstić information content (AvgIpc) is 2.46. The lowest BCUT2D eigenvalue weighted by atomic mass is 9.99. The Morgan fingerprint density at radius 2 is 2.00 bits per heavy atom. The van der Waals surface area contributed by atoms with Crippen LogP contribution in [0.5, 0.6) is 0 Å². The SMILES string of the molecule is CCCc1nc(Cl)c(C)c(NCCN2CCC(C)CC2)n1. The molecule has 0 bridgehead atoms. The molecule has 2 heterocycles. The number of aryl methyl sites for hydroxylation is 1. The van der Waals surface area contributed by atoms with Gasteiger partial charge in [0.05, 0.1) is 0 Å². The quantitative estimate of drug-likeness (QED) is 0.816. The Balaban J connectivity index is 1.87. The van der Waals surface area contributed by atoms with E-state index >= 15 is 0 Å². The van der Waals surface area contributed by atoms with E-state index in [0.717, 1.165) is 49.1 Å². The van der Waals surface area contributed by atoms with Gasteiger partial charge < -0.3 is 10.2 Å². The molecule has 1 fully saturated rings. The third kappa shape index (κ3) is 4.82. The Kier molecular flexibility index (Phi) is 6.24. The first-order chi connectivity index (χ1) is 10.1. The summed E-state index contributed by atoms with van der Waals surface area (Å²) in [6.45, 7) is 10.9. The standard InChI is InChI=1S/C16H27ClN4/c1-4-5-14-19-15(17)13(3)16(20-14)18-8-11-21-9-6-12(2)7-10-21/h12H,4-11H2,1-3H3,(H,18,19,20). The lowest BCUT2D eigenvalue weighted by molar-refractivity contribution is 0.199. The molecule has 118 valence electrons. The number of anilines is 1. The predicted octanol–water partition coefficient (Wildman–Crippen LogP) is 3.53. The zero-order valence-electron chi connectivity index (χ0n) is 13.5. The normalized spacial score (nSPS) is 17.1. The monoisotopic (exact) mass is 310 g/mol. The number of hydrogen-bond acceptors (Lipinski definition) is 4. The highest BCUT2D eigenvalue weighted by molar-refractivity contribution is 6.30. The van der Waals surface area contributed by atoms with Crippen molar-refractivity contribution in [1.29, 1.82) is 0 Å². The minimum absolute atomic E-state index is 0.572. The molecule has 1 aliphatic heterocycles. The summed E-state index contributed by atoms with van der Waals surface area (Å²) in [5.41, 5.74) is 0.948. The van der Waals surface area contributed by atoms with Crippen LogP contribution >= 0.6 is 11.6 Å². The van der Waals surface area contributed by atoms with Gasteiger partial charge in [0.2, 0.25) is 0 Å². The van der Waals surface area contributed by atoms with Crippen LogP contribution in [0.4, 0.5) is 5.82 Å². The van der Waals surface area contributed by atoms with Gasteiger partial charge in [0.25, 0.3) is 0 Å². The van der Waals surface area contributed by atoms with Crippen molar-refractivity contribution in [1.82, 2.24) is 14.9 Å².